The molecule has 13 heteroatoms. The molecule has 3 amide bonds. The summed E-state index contributed by atoms with van der Waals surface area (Å²) in [4.78, 5) is 74.8. The van der Waals surface area contributed by atoms with Crippen LogP contribution < -0.4 is 0 Å². The van der Waals surface area contributed by atoms with Crippen LogP contribution in [-0.2, 0) is 23.8 Å². The molecule has 5 atom stereocenters. The second-order valence-corrected chi connectivity index (χ2v) is 18.3. The summed E-state index contributed by atoms with van der Waals surface area (Å²) in [6, 6.07) is 0.552. The van der Waals surface area contributed by atoms with Gasteiger partial charge in [-0.05, 0) is 77.2 Å². The van der Waals surface area contributed by atoms with Crippen LogP contribution in [0.15, 0.2) is 36.0 Å². The molecule has 0 unspecified atom stereocenters. The number of carbonyl (C=O) groups excluding carboxylic acids is 5. The lowest BCUT2D eigenvalue weighted by Crippen LogP contribution is -2.53. The Morgan fingerprint density at radius 1 is 0.793 bits per heavy atom. The van der Waals surface area contributed by atoms with E-state index < -0.39 is 58.8 Å². The van der Waals surface area contributed by atoms with Crippen molar-refractivity contribution in [2.75, 3.05) is 59.0 Å². The molecule has 5 aliphatic rings. The minimum Gasteiger partial charge on any atom is -0.449 e. The van der Waals surface area contributed by atoms with Crippen LogP contribution in [0, 0.1) is 17.3 Å². The molecule has 4 fully saturated rings. The van der Waals surface area contributed by atoms with E-state index in [0.717, 1.165) is 38.8 Å². The fourth-order valence-electron chi connectivity index (χ4n) is 8.94. The SMILES string of the molecule is C/C(=C\C=C\C(C)(C)COC(=O)N1CCCC1)[C@H]1C(=O)C(=O)C[C@@H](OC(=O)N2CCCC2)CC[C@@](C)(O)[C@H](OC(=O)N2CCN(C3CCCCCC3)CC2)/C=C/[C@@H]1C. The normalized spacial score (nSPS) is 29.8. The van der Waals surface area contributed by atoms with E-state index in [1.54, 1.807) is 46.8 Å². The highest BCUT2D eigenvalue weighted by Gasteiger charge is 2.40. The van der Waals surface area contributed by atoms with Crippen molar-refractivity contribution in [2.24, 2.45) is 17.3 Å². The third kappa shape index (κ3) is 12.9. The van der Waals surface area contributed by atoms with Gasteiger partial charge in [0.15, 0.2) is 6.10 Å². The molecule has 324 valence electrons. The van der Waals surface area contributed by atoms with E-state index in [1.807, 2.05) is 32.9 Å². The molecule has 2 aliphatic carbocycles. The van der Waals surface area contributed by atoms with E-state index in [4.69, 9.17) is 14.2 Å². The lowest BCUT2D eigenvalue weighted by molar-refractivity contribution is -0.140. The van der Waals surface area contributed by atoms with Crippen LogP contribution in [0.5, 0.6) is 0 Å². The molecule has 0 aromatic carbocycles. The number of carbonyl (C=O) groups is 5. The summed E-state index contributed by atoms with van der Waals surface area (Å²) in [7, 11) is 0. The number of likely N-dealkylation sites (tertiary alicyclic amines) is 2. The molecule has 5 rings (SSSR count). The van der Waals surface area contributed by atoms with Gasteiger partial charge in [-0.25, -0.2) is 14.4 Å². The number of aliphatic hydroxyl groups is 1. The average Bonchev–Trinajstić information content (AvgIpc) is 3.88. The summed E-state index contributed by atoms with van der Waals surface area (Å²) in [5, 5.41) is 12.0. The van der Waals surface area contributed by atoms with E-state index in [9.17, 15) is 29.1 Å². The molecular weight excluding hydrogens is 741 g/mol. The number of rotatable bonds is 8. The Morgan fingerprint density at radius 3 is 1.98 bits per heavy atom. The smallest absolute Gasteiger partial charge is 0.410 e. The van der Waals surface area contributed by atoms with Crippen LogP contribution in [0.4, 0.5) is 14.4 Å². The Balaban J connectivity index is 1.33. The maximum atomic E-state index is 14.1. The van der Waals surface area contributed by atoms with Gasteiger partial charge in [-0.1, -0.05) is 76.3 Å². The summed E-state index contributed by atoms with van der Waals surface area (Å²) >= 11 is 0. The zero-order valence-electron chi connectivity index (χ0n) is 35.8. The summed E-state index contributed by atoms with van der Waals surface area (Å²) in [5.41, 5.74) is -1.45. The van der Waals surface area contributed by atoms with Crippen molar-refractivity contribution in [3.05, 3.63) is 36.0 Å². The van der Waals surface area contributed by atoms with Crippen molar-refractivity contribution in [3.8, 4) is 0 Å². The molecule has 0 aromatic heterocycles. The van der Waals surface area contributed by atoms with E-state index in [1.165, 1.54) is 38.5 Å². The second kappa shape index (κ2) is 21.0. The fraction of sp³-hybridized carbons (Fsp3) is 0.756. The third-order valence-electron chi connectivity index (χ3n) is 12.8. The van der Waals surface area contributed by atoms with Gasteiger partial charge in [0.05, 0.1) is 12.3 Å². The van der Waals surface area contributed by atoms with Crippen LogP contribution in [0.25, 0.3) is 0 Å². The maximum Gasteiger partial charge on any atom is 0.410 e. The predicted octanol–water partition coefficient (Wildman–Crippen LogP) is 7.08. The Kier molecular flexibility index (Phi) is 16.4. The molecule has 3 aliphatic heterocycles. The minimum absolute atomic E-state index is 0.0504. The Hall–Kier alpha value is -3.71. The van der Waals surface area contributed by atoms with Crippen LogP contribution in [-0.4, -0.2) is 137 Å². The van der Waals surface area contributed by atoms with Crippen LogP contribution >= 0.6 is 0 Å². The minimum atomic E-state index is -1.58. The zero-order valence-corrected chi connectivity index (χ0v) is 35.8. The third-order valence-corrected chi connectivity index (χ3v) is 12.8. The molecule has 13 nitrogen and oxygen atoms in total. The van der Waals surface area contributed by atoms with Gasteiger partial charge in [0.2, 0.25) is 11.6 Å². The van der Waals surface area contributed by atoms with Crippen molar-refractivity contribution >= 4 is 29.8 Å². The molecular formula is C45H70N4O9. The quantitative estimate of drug-likeness (QED) is 0.0888. The van der Waals surface area contributed by atoms with E-state index in [0.29, 0.717) is 50.9 Å². The molecule has 1 N–H and O–H groups in total. The van der Waals surface area contributed by atoms with Gasteiger partial charge in [-0.15, -0.1) is 0 Å². The standard InChI is InChI=1S/C45H70N4O9/c1-33(15-14-21-44(3,4)32-56-41(52)47-23-10-11-24-47)39-34(2)18-19-38(58-43(54)49-29-27-46(28-30-49)35-16-8-6-7-9-17-35)45(5,55)22-20-36(31-37(50)40(39)51)57-42(53)48-25-12-13-26-48/h14-15,18-19,21,34-36,38-39,55H,6-13,16-17,20,22-32H2,1-5H3/b19-18+,21-14+,33-15+/t34-,36-,38+,39+,45+/m0/s1. The van der Waals surface area contributed by atoms with Crippen molar-refractivity contribution in [3.63, 3.8) is 0 Å². The Bertz CT molecular complexity index is 1510. The summed E-state index contributed by atoms with van der Waals surface area (Å²) in [5.74, 6) is -2.66. The monoisotopic (exact) mass is 811 g/mol. The van der Waals surface area contributed by atoms with E-state index in [2.05, 4.69) is 4.90 Å². The number of ether oxygens (including phenoxy) is 3. The Labute approximate surface area is 346 Å². The number of nitrogens with zero attached hydrogens (tertiary/aromatic N) is 4. The molecule has 3 heterocycles. The highest BCUT2D eigenvalue weighted by Crippen LogP contribution is 2.31. The molecule has 0 spiro atoms. The summed E-state index contributed by atoms with van der Waals surface area (Å²) in [6.45, 7) is 14.5. The van der Waals surface area contributed by atoms with Crippen LogP contribution in [0.3, 0.4) is 0 Å². The lowest BCUT2D eigenvalue weighted by Gasteiger charge is -2.40. The molecule has 1 saturated carbocycles. The number of piperazine rings is 1. The van der Waals surface area contributed by atoms with Gasteiger partial charge in [0, 0.05) is 63.8 Å². The first-order valence-electron chi connectivity index (χ1n) is 22.0. The molecule has 58 heavy (non-hydrogen) atoms. The van der Waals surface area contributed by atoms with Gasteiger partial charge in [-0.2, -0.15) is 0 Å². The maximum absolute atomic E-state index is 14.1. The number of amides is 3. The highest BCUT2D eigenvalue weighted by atomic mass is 16.6. The summed E-state index contributed by atoms with van der Waals surface area (Å²) in [6.07, 6.45) is 16.5. The molecule has 0 bridgehead atoms. The molecule has 0 aromatic rings. The number of ketones is 2. The fourth-order valence-corrected chi connectivity index (χ4v) is 8.94. The Morgan fingerprint density at radius 2 is 1.36 bits per heavy atom. The first-order valence-corrected chi connectivity index (χ1v) is 22.0. The predicted molar refractivity (Wildman–Crippen MR) is 221 cm³/mol. The van der Waals surface area contributed by atoms with Gasteiger partial charge in [0.25, 0.3) is 0 Å². The number of hydrogen-bond acceptors (Lipinski definition) is 10. The second-order valence-electron chi connectivity index (χ2n) is 18.3. The zero-order chi connectivity index (χ0) is 41.9. The molecule has 3 saturated heterocycles. The summed E-state index contributed by atoms with van der Waals surface area (Å²) < 4.78 is 17.6. The van der Waals surface area contributed by atoms with Gasteiger partial charge in [0.1, 0.15) is 18.3 Å². The van der Waals surface area contributed by atoms with Crippen LogP contribution in [0.1, 0.15) is 118 Å². The first kappa shape index (κ1) is 45.4. The van der Waals surface area contributed by atoms with Crippen molar-refractivity contribution in [1.29, 1.82) is 0 Å². The number of Topliss-reactive ketones (excluding diaryl/α,β-unsaturated/α-hetero) is 2. The van der Waals surface area contributed by atoms with E-state index >= 15 is 0 Å². The van der Waals surface area contributed by atoms with Gasteiger partial charge < -0.3 is 34.0 Å². The largest absolute Gasteiger partial charge is 0.449 e. The van der Waals surface area contributed by atoms with E-state index in [-0.39, 0.29) is 32.0 Å². The van der Waals surface area contributed by atoms with Crippen LogP contribution in [0.2, 0.25) is 0 Å². The molecule has 0 radical (unpaired) electrons. The van der Waals surface area contributed by atoms with Gasteiger partial charge >= 0.3 is 18.3 Å². The number of allylic oxidation sites excluding steroid dienone is 4. The topological polar surface area (TPSA) is 146 Å². The van der Waals surface area contributed by atoms with Crippen molar-refractivity contribution in [2.45, 2.75) is 142 Å². The highest BCUT2D eigenvalue weighted by molar-refractivity contribution is 6.38. The van der Waals surface area contributed by atoms with Crippen molar-refractivity contribution < 1.29 is 43.3 Å². The number of hydrogen-bond donors (Lipinski definition) is 1. The average molecular weight is 811 g/mol. The lowest BCUT2D eigenvalue weighted by atomic mass is 9.79. The van der Waals surface area contributed by atoms with Crippen molar-refractivity contribution in [1.82, 2.24) is 19.6 Å². The first-order chi connectivity index (χ1) is 27.6. The van der Waals surface area contributed by atoms with Gasteiger partial charge in [-0.3, -0.25) is 14.5 Å².